The van der Waals surface area contributed by atoms with Gasteiger partial charge in [-0.25, -0.2) is 0 Å². The molecule has 1 heteroatoms. The summed E-state index contributed by atoms with van der Waals surface area (Å²) in [6.07, 6.45) is 0. The van der Waals surface area contributed by atoms with E-state index in [1.165, 1.54) is 5.56 Å². The maximum Gasteiger partial charge on any atom is 0.0443 e. The van der Waals surface area contributed by atoms with Gasteiger partial charge in [-0.05, 0) is 43.5 Å². The lowest BCUT2D eigenvalue weighted by Gasteiger charge is -2.02. The minimum atomic E-state index is 0.762. The van der Waals surface area contributed by atoms with E-state index in [-0.39, 0.29) is 0 Å². The minimum absolute atomic E-state index is 0.762. The molecule has 0 aliphatic rings. The molecule has 53 valence electrons. The first kappa shape index (κ1) is 7.62. The van der Waals surface area contributed by atoms with Crippen LogP contribution in [-0.2, 0) is 0 Å². The quantitative estimate of drug-likeness (QED) is 0.537. The molecule has 1 aromatic carbocycles. The Morgan fingerprint density at radius 2 is 1.90 bits per heavy atom. The van der Waals surface area contributed by atoms with Crippen molar-refractivity contribution in [3.05, 3.63) is 40.8 Å². The fourth-order valence-electron chi connectivity index (χ4n) is 0.946. The van der Waals surface area contributed by atoms with Crippen LogP contribution in [0, 0.1) is 20.8 Å². The molecular weight excluding hydrogens is 144 g/mol. The van der Waals surface area contributed by atoms with Crippen molar-refractivity contribution in [3.8, 4) is 0 Å². The molecular formula is C9H10Cl. The van der Waals surface area contributed by atoms with Gasteiger partial charge in [0, 0.05) is 5.02 Å². The van der Waals surface area contributed by atoms with Crippen molar-refractivity contribution in [1.82, 2.24) is 0 Å². The Labute approximate surface area is 66.8 Å². The normalized spacial score (nSPS) is 10.0. The molecule has 0 spiro atoms. The molecule has 1 aromatic rings. The molecule has 0 fully saturated rings. The molecule has 1 rings (SSSR count). The maximum atomic E-state index is 5.86. The molecule has 10 heavy (non-hydrogen) atoms. The summed E-state index contributed by atoms with van der Waals surface area (Å²) in [6, 6.07) is 4.01. The van der Waals surface area contributed by atoms with E-state index in [2.05, 4.69) is 13.0 Å². The summed E-state index contributed by atoms with van der Waals surface area (Å²) in [6.45, 7) is 7.87. The van der Waals surface area contributed by atoms with Crippen molar-refractivity contribution in [2.24, 2.45) is 0 Å². The number of benzene rings is 1. The van der Waals surface area contributed by atoms with Crippen LogP contribution in [-0.4, -0.2) is 0 Å². The summed E-state index contributed by atoms with van der Waals surface area (Å²) < 4.78 is 0. The molecule has 0 N–H and O–H groups in total. The summed E-state index contributed by atoms with van der Waals surface area (Å²) >= 11 is 5.86. The zero-order valence-corrected chi connectivity index (χ0v) is 7.00. The van der Waals surface area contributed by atoms with Crippen molar-refractivity contribution >= 4 is 11.6 Å². The lowest BCUT2D eigenvalue weighted by atomic mass is 10.1. The van der Waals surface area contributed by atoms with Gasteiger partial charge in [-0.1, -0.05) is 17.7 Å². The highest BCUT2D eigenvalue weighted by Crippen LogP contribution is 2.19. The zero-order chi connectivity index (χ0) is 7.72. The summed E-state index contributed by atoms with van der Waals surface area (Å²) in [7, 11) is 0. The van der Waals surface area contributed by atoms with Gasteiger partial charge in [-0.15, -0.1) is 0 Å². The smallest absolute Gasteiger partial charge is 0.0443 e. The summed E-state index contributed by atoms with van der Waals surface area (Å²) in [5, 5.41) is 0.762. The van der Waals surface area contributed by atoms with Crippen LogP contribution in [0.5, 0.6) is 0 Å². The van der Waals surface area contributed by atoms with Crippen molar-refractivity contribution in [2.45, 2.75) is 13.8 Å². The fraction of sp³-hybridized carbons (Fsp3) is 0.222. The lowest BCUT2D eigenvalue weighted by molar-refractivity contribution is 1.35. The predicted octanol–water partition coefficient (Wildman–Crippen LogP) is 3.14. The Hall–Kier alpha value is -0.490. The molecule has 0 amide bonds. The molecule has 0 aliphatic heterocycles. The summed E-state index contributed by atoms with van der Waals surface area (Å²) in [4.78, 5) is 0. The van der Waals surface area contributed by atoms with Crippen LogP contribution < -0.4 is 0 Å². The Morgan fingerprint density at radius 3 is 2.40 bits per heavy atom. The van der Waals surface area contributed by atoms with Crippen molar-refractivity contribution in [2.75, 3.05) is 0 Å². The van der Waals surface area contributed by atoms with Gasteiger partial charge in [0.25, 0.3) is 0 Å². The molecule has 0 atom stereocenters. The second-order valence-electron chi connectivity index (χ2n) is 2.54. The van der Waals surface area contributed by atoms with Crippen LogP contribution >= 0.6 is 11.6 Å². The molecule has 0 nitrogen and oxygen atoms in total. The van der Waals surface area contributed by atoms with Gasteiger partial charge in [-0.3, -0.25) is 0 Å². The second kappa shape index (κ2) is 2.63. The lowest BCUT2D eigenvalue weighted by Crippen LogP contribution is -1.83. The van der Waals surface area contributed by atoms with E-state index >= 15 is 0 Å². The monoisotopic (exact) mass is 153 g/mol. The van der Waals surface area contributed by atoms with Gasteiger partial charge in [-0.2, -0.15) is 0 Å². The predicted molar refractivity (Wildman–Crippen MR) is 45.4 cm³/mol. The van der Waals surface area contributed by atoms with E-state index in [4.69, 9.17) is 11.6 Å². The first-order valence-electron chi connectivity index (χ1n) is 3.20. The maximum absolute atomic E-state index is 5.86. The molecule has 0 heterocycles. The number of rotatable bonds is 0. The molecule has 0 unspecified atom stereocenters. The SMILES string of the molecule is [CH2]c1c(C)cc(C)cc1Cl. The van der Waals surface area contributed by atoms with Crippen LogP contribution in [0.15, 0.2) is 12.1 Å². The largest absolute Gasteiger partial charge is 0.0840 e. The number of hydrogen-bond donors (Lipinski definition) is 0. The first-order valence-corrected chi connectivity index (χ1v) is 3.58. The van der Waals surface area contributed by atoms with Gasteiger partial charge in [0.05, 0.1) is 0 Å². The van der Waals surface area contributed by atoms with Gasteiger partial charge >= 0.3 is 0 Å². The van der Waals surface area contributed by atoms with Crippen LogP contribution in [0.2, 0.25) is 5.02 Å². The van der Waals surface area contributed by atoms with E-state index in [1.54, 1.807) is 0 Å². The Kier molecular flexibility index (Phi) is 2.00. The van der Waals surface area contributed by atoms with Gasteiger partial charge in [0.2, 0.25) is 0 Å². The van der Waals surface area contributed by atoms with Gasteiger partial charge < -0.3 is 0 Å². The molecule has 0 aliphatic carbocycles. The minimum Gasteiger partial charge on any atom is -0.0840 e. The number of aryl methyl sites for hydroxylation is 2. The third kappa shape index (κ3) is 1.32. The van der Waals surface area contributed by atoms with Crippen molar-refractivity contribution < 1.29 is 0 Å². The van der Waals surface area contributed by atoms with E-state index in [0.717, 1.165) is 16.1 Å². The highest BCUT2D eigenvalue weighted by Gasteiger charge is 1.98. The molecule has 0 bridgehead atoms. The van der Waals surface area contributed by atoms with Crippen molar-refractivity contribution in [3.63, 3.8) is 0 Å². The highest BCUT2D eigenvalue weighted by atomic mass is 35.5. The highest BCUT2D eigenvalue weighted by molar-refractivity contribution is 6.31. The number of halogens is 1. The first-order chi connectivity index (χ1) is 4.61. The van der Waals surface area contributed by atoms with Crippen molar-refractivity contribution in [1.29, 1.82) is 0 Å². The third-order valence-electron chi connectivity index (χ3n) is 1.56. The molecule has 0 aromatic heterocycles. The average Bonchev–Trinajstić information content (AvgIpc) is 1.82. The topological polar surface area (TPSA) is 0 Å². The van der Waals surface area contributed by atoms with Crippen LogP contribution in [0.3, 0.4) is 0 Å². The van der Waals surface area contributed by atoms with Crippen LogP contribution in [0.1, 0.15) is 16.7 Å². The summed E-state index contributed by atoms with van der Waals surface area (Å²) in [5.41, 5.74) is 3.28. The Balaban J connectivity index is 3.31. The number of hydrogen-bond acceptors (Lipinski definition) is 0. The van der Waals surface area contributed by atoms with Gasteiger partial charge in [0.15, 0.2) is 0 Å². The van der Waals surface area contributed by atoms with E-state index in [1.807, 2.05) is 19.9 Å². The molecule has 0 saturated carbocycles. The average molecular weight is 154 g/mol. The molecule has 0 saturated heterocycles. The Bertz CT molecular complexity index is 228. The fourth-order valence-corrected chi connectivity index (χ4v) is 1.27. The molecule has 1 radical (unpaired) electrons. The standard InChI is InChI=1S/C9H10Cl/c1-6-4-7(2)8(3)9(10)5-6/h4-5H,3H2,1-2H3. The third-order valence-corrected chi connectivity index (χ3v) is 1.90. The van der Waals surface area contributed by atoms with Gasteiger partial charge in [0.1, 0.15) is 0 Å². The van der Waals surface area contributed by atoms with E-state index in [0.29, 0.717) is 0 Å². The van der Waals surface area contributed by atoms with E-state index in [9.17, 15) is 0 Å². The summed E-state index contributed by atoms with van der Waals surface area (Å²) in [5.74, 6) is 0. The second-order valence-corrected chi connectivity index (χ2v) is 2.95. The van der Waals surface area contributed by atoms with Crippen LogP contribution in [0.4, 0.5) is 0 Å². The van der Waals surface area contributed by atoms with Crippen LogP contribution in [0.25, 0.3) is 0 Å². The zero-order valence-electron chi connectivity index (χ0n) is 6.24. The van der Waals surface area contributed by atoms with E-state index < -0.39 is 0 Å². The Morgan fingerprint density at radius 1 is 1.30 bits per heavy atom.